The lowest BCUT2D eigenvalue weighted by Crippen LogP contribution is -2.44. The van der Waals surface area contributed by atoms with Crippen LogP contribution in [0.3, 0.4) is 0 Å². The summed E-state index contributed by atoms with van der Waals surface area (Å²) >= 11 is 0. The standard InChI is InChI=1S/C34H64N2O7/c1-3-5-7-9-11-13-15-17-19-21-27-35-29(23-25-31(37)38)33(41)43-34(42)30(24-26-32(39)40)36-28-22-20-18-16-14-12-10-8-6-4-2/h29-30,35-36H,3-28H2,1-2H3,(H,37,38)(H,39,40). The first-order chi connectivity index (χ1) is 20.8. The molecule has 0 rings (SSSR count). The fourth-order valence-electron chi connectivity index (χ4n) is 5.16. The second-order valence-electron chi connectivity index (χ2n) is 12.0. The Morgan fingerprint density at radius 3 is 1.05 bits per heavy atom. The van der Waals surface area contributed by atoms with Gasteiger partial charge in [-0.3, -0.25) is 9.59 Å². The number of hydrogen-bond donors (Lipinski definition) is 4. The highest BCUT2D eigenvalue weighted by Crippen LogP contribution is 2.12. The number of carbonyl (C=O) groups excluding carboxylic acids is 2. The van der Waals surface area contributed by atoms with Crippen molar-refractivity contribution in [2.75, 3.05) is 13.1 Å². The van der Waals surface area contributed by atoms with Gasteiger partial charge < -0.3 is 25.6 Å². The predicted octanol–water partition coefficient (Wildman–Crippen LogP) is 7.54. The summed E-state index contributed by atoms with van der Waals surface area (Å²) in [7, 11) is 0. The highest BCUT2D eigenvalue weighted by Gasteiger charge is 2.28. The summed E-state index contributed by atoms with van der Waals surface area (Å²) in [6.07, 6.45) is 23.3. The molecule has 0 radical (unpaired) electrons. The lowest BCUT2D eigenvalue weighted by molar-refractivity contribution is -0.163. The van der Waals surface area contributed by atoms with Gasteiger partial charge in [0.2, 0.25) is 0 Å². The Kier molecular flexibility index (Phi) is 28.6. The number of ether oxygens (including phenoxy) is 1. The third-order valence-corrected chi connectivity index (χ3v) is 7.91. The molecule has 252 valence electrons. The van der Waals surface area contributed by atoms with E-state index >= 15 is 0 Å². The highest BCUT2D eigenvalue weighted by molar-refractivity contribution is 5.91. The van der Waals surface area contributed by atoms with Crippen LogP contribution in [0.1, 0.15) is 168 Å². The van der Waals surface area contributed by atoms with E-state index in [9.17, 15) is 19.2 Å². The minimum absolute atomic E-state index is 0.0189. The molecular weight excluding hydrogens is 548 g/mol. The molecule has 0 saturated heterocycles. The lowest BCUT2D eigenvalue weighted by atomic mass is 10.1. The second kappa shape index (κ2) is 30.0. The molecule has 2 atom stereocenters. The van der Waals surface area contributed by atoms with Crippen LogP contribution >= 0.6 is 0 Å². The summed E-state index contributed by atoms with van der Waals surface area (Å²) in [5.41, 5.74) is 0. The van der Waals surface area contributed by atoms with E-state index in [-0.39, 0.29) is 25.7 Å². The molecule has 0 aromatic rings. The number of carboxylic acid groups (broad SMARTS) is 2. The van der Waals surface area contributed by atoms with Crippen molar-refractivity contribution in [3.63, 3.8) is 0 Å². The minimum atomic E-state index is -1.03. The topological polar surface area (TPSA) is 142 Å². The molecular formula is C34H64N2O7. The number of esters is 2. The second-order valence-corrected chi connectivity index (χ2v) is 12.0. The van der Waals surface area contributed by atoms with Crippen LogP contribution in [0.15, 0.2) is 0 Å². The van der Waals surface area contributed by atoms with Crippen LogP contribution in [0.2, 0.25) is 0 Å². The summed E-state index contributed by atoms with van der Waals surface area (Å²) in [4.78, 5) is 47.9. The van der Waals surface area contributed by atoms with Gasteiger partial charge in [0, 0.05) is 12.8 Å². The van der Waals surface area contributed by atoms with Crippen molar-refractivity contribution in [2.45, 2.75) is 180 Å². The largest absolute Gasteiger partial charge is 0.481 e. The van der Waals surface area contributed by atoms with E-state index in [1.165, 1.54) is 89.9 Å². The summed E-state index contributed by atoms with van der Waals surface area (Å²) < 4.78 is 5.15. The van der Waals surface area contributed by atoms with Crippen LogP contribution in [0, 0.1) is 0 Å². The van der Waals surface area contributed by atoms with Gasteiger partial charge in [0.1, 0.15) is 12.1 Å². The molecule has 0 bridgehead atoms. The third kappa shape index (κ3) is 27.3. The molecule has 4 N–H and O–H groups in total. The van der Waals surface area contributed by atoms with Gasteiger partial charge in [0.15, 0.2) is 0 Å². The van der Waals surface area contributed by atoms with Crippen LogP contribution in [-0.2, 0) is 23.9 Å². The fraction of sp³-hybridized carbons (Fsp3) is 0.882. The first-order valence-electron chi connectivity index (χ1n) is 17.5. The van der Waals surface area contributed by atoms with Crippen molar-refractivity contribution < 1.29 is 34.1 Å². The minimum Gasteiger partial charge on any atom is -0.481 e. The zero-order chi connectivity index (χ0) is 32.0. The van der Waals surface area contributed by atoms with E-state index in [4.69, 9.17) is 14.9 Å². The quantitative estimate of drug-likeness (QED) is 0.0344. The maximum Gasteiger partial charge on any atom is 0.330 e. The van der Waals surface area contributed by atoms with Crippen LogP contribution in [0.5, 0.6) is 0 Å². The van der Waals surface area contributed by atoms with Gasteiger partial charge in [0.05, 0.1) is 0 Å². The Balaban J connectivity index is 4.52. The zero-order valence-electron chi connectivity index (χ0n) is 27.5. The molecule has 0 saturated carbocycles. The van der Waals surface area contributed by atoms with Crippen molar-refractivity contribution in [1.29, 1.82) is 0 Å². The van der Waals surface area contributed by atoms with Gasteiger partial charge in [-0.1, -0.05) is 129 Å². The number of nitrogens with one attached hydrogen (secondary N) is 2. The van der Waals surface area contributed by atoms with Crippen LogP contribution in [-0.4, -0.2) is 59.3 Å². The Morgan fingerprint density at radius 1 is 0.488 bits per heavy atom. The van der Waals surface area contributed by atoms with Crippen molar-refractivity contribution in [3.8, 4) is 0 Å². The normalized spacial score (nSPS) is 12.6. The molecule has 0 spiro atoms. The van der Waals surface area contributed by atoms with Crippen molar-refractivity contribution in [1.82, 2.24) is 10.6 Å². The number of carbonyl (C=O) groups is 4. The SMILES string of the molecule is CCCCCCCCCCCCNC(CCC(=O)O)C(=O)OC(=O)C(CCC(=O)O)NCCCCCCCCCCCC. The number of unbranched alkanes of at least 4 members (excludes halogenated alkanes) is 18. The smallest absolute Gasteiger partial charge is 0.330 e. The number of carboxylic acids is 2. The Labute approximate surface area is 261 Å². The van der Waals surface area contributed by atoms with Crippen LogP contribution < -0.4 is 10.6 Å². The molecule has 9 heteroatoms. The fourth-order valence-corrected chi connectivity index (χ4v) is 5.16. The summed E-state index contributed by atoms with van der Waals surface area (Å²) in [5, 5.41) is 24.4. The van der Waals surface area contributed by atoms with Gasteiger partial charge in [-0.15, -0.1) is 0 Å². The Morgan fingerprint density at radius 2 is 0.767 bits per heavy atom. The molecule has 0 aromatic carbocycles. The van der Waals surface area contributed by atoms with Crippen molar-refractivity contribution in [3.05, 3.63) is 0 Å². The van der Waals surface area contributed by atoms with E-state index in [1.807, 2.05) is 0 Å². The number of rotatable bonds is 32. The first kappa shape index (κ1) is 41.0. The Hall–Kier alpha value is -2.00. The summed E-state index contributed by atoms with van der Waals surface area (Å²) in [6.45, 7) is 5.50. The van der Waals surface area contributed by atoms with E-state index in [2.05, 4.69) is 24.5 Å². The van der Waals surface area contributed by atoms with Gasteiger partial charge >= 0.3 is 23.9 Å². The van der Waals surface area contributed by atoms with E-state index in [1.54, 1.807) is 0 Å². The zero-order valence-corrected chi connectivity index (χ0v) is 27.5. The molecule has 0 aliphatic rings. The maximum absolute atomic E-state index is 12.8. The van der Waals surface area contributed by atoms with Gasteiger partial charge in [-0.05, 0) is 38.8 Å². The molecule has 0 aliphatic heterocycles. The lowest BCUT2D eigenvalue weighted by Gasteiger charge is -2.20. The molecule has 0 aliphatic carbocycles. The molecule has 2 unspecified atom stereocenters. The van der Waals surface area contributed by atoms with Gasteiger partial charge in [0.25, 0.3) is 0 Å². The van der Waals surface area contributed by atoms with Gasteiger partial charge in [-0.2, -0.15) is 0 Å². The molecule has 0 aromatic heterocycles. The van der Waals surface area contributed by atoms with Crippen LogP contribution in [0.25, 0.3) is 0 Å². The average molecular weight is 613 g/mol. The summed E-state index contributed by atoms with van der Waals surface area (Å²) in [5.74, 6) is -3.66. The molecule has 0 heterocycles. The molecule has 0 fully saturated rings. The summed E-state index contributed by atoms with van der Waals surface area (Å²) in [6, 6.07) is -1.80. The molecule has 0 amide bonds. The van der Waals surface area contributed by atoms with Crippen LogP contribution in [0.4, 0.5) is 0 Å². The maximum atomic E-state index is 12.8. The number of hydrogen-bond acceptors (Lipinski definition) is 7. The van der Waals surface area contributed by atoms with E-state index in [0.717, 1.165) is 38.5 Å². The molecule has 9 nitrogen and oxygen atoms in total. The van der Waals surface area contributed by atoms with E-state index < -0.39 is 36.0 Å². The number of aliphatic carboxylic acids is 2. The predicted molar refractivity (Wildman–Crippen MR) is 172 cm³/mol. The van der Waals surface area contributed by atoms with E-state index in [0.29, 0.717) is 13.1 Å². The third-order valence-electron chi connectivity index (χ3n) is 7.91. The van der Waals surface area contributed by atoms with Crippen molar-refractivity contribution >= 4 is 23.9 Å². The first-order valence-corrected chi connectivity index (χ1v) is 17.5. The highest BCUT2D eigenvalue weighted by atomic mass is 16.6. The molecule has 43 heavy (non-hydrogen) atoms. The Bertz CT molecular complexity index is 659. The van der Waals surface area contributed by atoms with Gasteiger partial charge in [-0.25, -0.2) is 9.59 Å². The van der Waals surface area contributed by atoms with Crippen molar-refractivity contribution in [2.24, 2.45) is 0 Å². The monoisotopic (exact) mass is 612 g/mol. The average Bonchev–Trinajstić information content (AvgIpc) is 2.97.